The number of nitrogens with zero attached hydrogens (tertiary/aromatic N) is 3. The zero-order valence-corrected chi connectivity index (χ0v) is 24.5. The van der Waals surface area contributed by atoms with Crippen molar-refractivity contribution in [2.45, 2.75) is 107 Å². The highest BCUT2D eigenvalue weighted by Crippen LogP contribution is 2.26. The molecule has 1 fully saturated rings. The molecule has 2 aromatic rings. The van der Waals surface area contributed by atoms with Gasteiger partial charge in [0.2, 0.25) is 11.8 Å². The van der Waals surface area contributed by atoms with E-state index < -0.39 is 49.2 Å². The van der Waals surface area contributed by atoms with Crippen molar-refractivity contribution in [2.75, 3.05) is 24.3 Å². The number of hydrogen-bond acceptors (Lipinski definition) is 11. The lowest BCUT2D eigenvalue weighted by molar-refractivity contribution is -0.204. The maximum absolute atomic E-state index is 12.6. The fourth-order valence-electron chi connectivity index (χ4n) is 4.95. The summed E-state index contributed by atoms with van der Waals surface area (Å²) in [6.45, 7) is -1.08. The summed E-state index contributed by atoms with van der Waals surface area (Å²) in [7, 11) is 0. The first-order valence-corrected chi connectivity index (χ1v) is 15.2. The molecule has 15 heteroatoms. The molecular formula is C27H44ClN7O7. The number of aliphatic hydroxyl groups excluding tert-OH is 4. The highest BCUT2D eigenvalue weighted by atomic mass is 35.5. The molecule has 1 aliphatic rings. The number of unbranched alkanes of at least 4 members (excludes halogenated alkanes) is 9. The number of amides is 2. The molecule has 3 rings (SSSR count). The summed E-state index contributed by atoms with van der Waals surface area (Å²) in [6, 6.07) is -1.28. The molecule has 6 atom stereocenters. The van der Waals surface area contributed by atoms with Crippen LogP contribution in [0, 0.1) is 0 Å². The third-order valence-corrected chi connectivity index (χ3v) is 7.58. The van der Waals surface area contributed by atoms with Crippen molar-refractivity contribution >= 4 is 40.4 Å². The van der Waals surface area contributed by atoms with Crippen LogP contribution in [0.1, 0.15) is 70.6 Å². The lowest BCUT2D eigenvalue weighted by Gasteiger charge is -2.44. The van der Waals surface area contributed by atoms with Gasteiger partial charge in [-0.15, -0.1) is 11.6 Å². The molecule has 1 aliphatic heterocycles. The van der Waals surface area contributed by atoms with Crippen LogP contribution in [0.5, 0.6) is 0 Å². The summed E-state index contributed by atoms with van der Waals surface area (Å²) in [5.74, 6) is 0.0454. The highest BCUT2D eigenvalue weighted by Gasteiger charge is 2.48. The molecule has 2 aromatic heterocycles. The Hall–Kier alpha value is -2.62. The first-order valence-electron chi connectivity index (χ1n) is 14.7. The number of imidazole rings is 1. The minimum atomic E-state index is -1.59. The van der Waals surface area contributed by atoms with E-state index in [1.807, 2.05) is 0 Å². The van der Waals surface area contributed by atoms with Gasteiger partial charge >= 0.3 is 0 Å². The second-order valence-corrected chi connectivity index (χ2v) is 10.9. The Morgan fingerprint density at radius 1 is 0.952 bits per heavy atom. The molecule has 3 heterocycles. The van der Waals surface area contributed by atoms with Crippen LogP contribution in [0.25, 0.3) is 11.2 Å². The second-order valence-electron chi connectivity index (χ2n) is 10.6. The van der Waals surface area contributed by atoms with Crippen molar-refractivity contribution in [3.63, 3.8) is 0 Å². The van der Waals surface area contributed by atoms with Crippen LogP contribution in [-0.4, -0.2) is 108 Å². The monoisotopic (exact) mass is 613 g/mol. The number of aromatic nitrogens is 4. The summed E-state index contributed by atoms with van der Waals surface area (Å²) in [5, 5.41) is 49.4. The van der Waals surface area contributed by atoms with E-state index in [2.05, 4.69) is 35.9 Å². The summed E-state index contributed by atoms with van der Waals surface area (Å²) in [5.41, 5.74) is 0.787. The third kappa shape index (κ3) is 10.3. The predicted molar refractivity (Wildman–Crippen MR) is 156 cm³/mol. The molecule has 0 spiro atoms. The van der Waals surface area contributed by atoms with E-state index in [-0.39, 0.29) is 18.3 Å². The van der Waals surface area contributed by atoms with E-state index >= 15 is 0 Å². The number of nitrogens with one attached hydrogen (secondary N) is 4. The maximum atomic E-state index is 12.6. The molecular weight excluding hydrogens is 570 g/mol. The molecule has 0 aromatic carbocycles. The van der Waals surface area contributed by atoms with Crippen LogP contribution in [0.3, 0.4) is 0 Å². The predicted octanol–water partition coefficient (Wildman–Crippen LogP) is 0.696. The first-order chi connectivity index (χ1) is 20.3. The fraction of sp³-hybridized carbons (Fsp3) is 0.741. The van der Waals surface area contributed by atoms with Gasteiger partial charge < -0.3 is 46.1 Å². The topological polar surface area (TPSA) is 215 Å². The Morgan fingerprint density at radius 3 is 2.29 bits per heavy atom. The van der Waals surface area contributed by atoms with Crippen molar-refractivity contribution in [3.8, 4) is 0 Å². The van der Waals surface area contributed by atoms with Crippen molar-refractivity contribution in [3.05, 3.63) is 12.7 Å². The number of carbonyl (C=O) groups is 2. The van der Waals surface area contributed by atoms with E-state index in [4.69, 9.17) is 16.3 Å². The van der Waals surface area contributed by atoms with Crippen LogP contribution in [0.15, 0.2) is 12.7 Å². The van der Waals surface area contributed by atoms with Crippen LogP contribution >= 0.6 is 11.6 Å². The van der Waals surface area contributed by atoms with Crippen LogP contribution < -0.4 is 16.0 Å². The number of aromatic amines is 1. The normalized spacial score (nSPS) is 23.0. The van der Waals surface area contributed by atoms with E-state index in [0.717, 1.165) is 38.0 Å². The zero-order valence-electron chi connectivity index (χ0n) is 23.8. The van der Waals surface area contributed by atoms with Gasteiger partial charge in [0, 0.05) is 12.3 Å². The largest absolute Gasteiger partial charge is 0.394 e. The molecule has 2 amide bonds. The molecule has 236 valence electrons. The van der Waals surface area contributed by atoms with E-state index in [1.165, 1.54) is 44.8 Å². The molecule has 8 N–H and O–H groups in total. The van der Waals surface area contributed by atoms with Gasteiger partial charge in [0.25, 0.3) is 0 Å². The van der Waals surface area contributed by atoms with Gasteiger partial charge in [0.1, 0.15) is 36.3 Å². The quantitative estimate of drug-likeness (QED) is 0.0815. The number of hydrogen-bond donors (Lipinski definition) is 8. The number of rotatable bonds is 19. The van der Waals surface area contributed by atoms with Crippen molar-refractivity contribution in [2.24, 2.45) is 0 Å². The van der Waals surface area contributed by atoms with Gasteiger partial charge in [0.05, 0.1) is 25.5 Å². The van der Waals surface area contributed by atoms with Crippen molar-refractivity contribution < 1.29 is 34.8 Å². The molecule has 0 bridgehead atoms. The number of H-pyrrole nitrogens is 1. The number of ether oxygens (including phenoxy) is 1. The lowest BCUT2D eigenvalue weighted by Crippen LogP contribution is -2.68. The Bertz CT molecular complexity index is 1090. The Labute approximate surface area is 250 Å². The average Bonchev–Trinajstić information content (AvgIpc) is 3.48. The minimum absolute atomic E-state index is 0.227. The molecule has 0 aliphatic carbocycles. The SMILES string of the molecule is O=C(CCCCCCCCCCCCCl)NCC(=O)N[C@@H]1[C@@H](O)[C@@H](O)[C@@H](Nc2ncnc3nc[nH]c23)O[C@H]1[C@@H](O)CO. The third-order valence-electron chi connectivity index (χ3n) is 7.32. The Morgan fingerprint density at radius 2 is 1.62 bits per heavy atom. The number of fused-ring (bicyclic) bond motifs is 1. The zero-order chi connectivity index (χ0) is 30.3. The van der Waals surface area contributed by atoms with Crippen LogP contribution in [0.4, 0.5) is 5.82 Å². The van der Waals surface area contributed by atoms with E-state index in [1.54, 1.807) is 0 Å². The van der Waals surface area contributed by atoms with E-state index in [9.17, 15) is 30.0 Å². The number of halogens is 1. The van der Waals surface area contributed by atoms with Crippen LogP contribution in [-0.2, 0) is 14.3 Å². The fourth-order valence-corrected chi connectivity index (χ4v) is 5.14. The minimum Gasteiger partial charge on any atom is -0.394 e. The molecule has 14 nitrogen and oxygen atoms in total. The van der Waals surface area contributed by atoms with Gasteiger partial charge in [-0.3, -0.25) is 9.59 Å². The summed E-state index contributed by atoms with van der Waals surface area (Å²) < 4.78 is 5.78. The van der Waals surface area contributed by atoms with Crippen LogP contribution in [0.2, 0.25) is 0 Å². The molecule has 0 unspecified atom stereocenters. The smallest absolute Gasteiger partial charge is 0.239 e. The van der Waals surface area contributed by atoms with Crippen molar-refractivity contribution in [1.82, 2.24) is 30.6 Å². The van der Waals surface area contributed by atoms with Crippen molar-refractivity contribution in [1.29, 1.82) is 0 Å². The number of carbonyl (C=O) groups excluding carboxylic acids is 2. The van der Waals surface area contributed by atoms with Gasteiger partial charge in [0.15, 0.2) is 17.7 Å². The molecule has 1 saturated heterocycles. The Kier molecular flexibility index (Phi) is 14.6. The molecule has 0 saturated carbocycles. The van der Waals surface area contributed by atoms with Gasteiger partial charge in [-0.1, -0.05) is 51.4 Å². The van der Waals surface area contributed by atoms with E-state index in [0.29, 0.717) is 17.6 Å². The number of alkyl halides is 1. The first kappa shape index (κ1) is 33.9. The summed E-state index contributed by atoms with van der Waals surface area (Å²) in [4.78, 5) is 39.8. The Balaban J connectivity index is 1.40. The maximum Gasteiger partial charge on any atom is 0.239 e. The number of anilines is 1. The lowest BCUT2D eigenvalue weighted by atomic mass is 9.92. The number of aliphatic hydroxyl groups is 4. The second kappa shape index (κ2) is 18.1. The highest BCUT2D eigenvalue weighted by molar-refractivity contribution is 6.17. The molecule has 42 heavy (non-hydrogen) atoms. The van der Waals surface area contributed by atoms with Gasteiger partial charge in [-0.2, -0.15) is 0 Å². The average molecular weight is 614 g/mol. The summed E-state index contributed by atoms with van der Waals surface area (Å²) >= 11 is 5.68. The summed E-state index contributed by atoms with van der Waals surface area (Å²) in [6.07, 6.45) is 6.77. The standard InChI is InChI=1S/C27H44ClN7O7/c28-12-10-8-6-4-2-1-3-5-7-9-11-18(38)29-13-19(39)34-20-22(40)23(41)27(42-24(20)17(37)14-36)35-26-21-25(31-15-30-21)32-16-33-26/h15-17,20,22-24,27,36-37,40-41H,1-14H2,(H,29,38)(H,34,39)(H2,30,31,32,33,35)/t17-,20+,22+,23+,24-,27-/m0/s1. The molecule has 0 radical (unpaired) electrons. The van der Waals surface area contributed by atoms with Gasteiger partial charge in [-0.25, -0.2) is 15.0 Å². The van der Waals surface area contributed by atoms with Gasteiger partial charge in [-0.05, 0) is 12.8 Å².